The monoisotopic (exact) mass is 520 g/mol. The number of alkyl carbamates (subject to hydrolysis) is 1. The van der Waals surface area contributed by atoms with E-state index in [-0.39, 0.29) is 42.0 Å². The molecule has 0 radical (unpaired) electrons. The minimum atomic E-state index is -0.508. The van der Waals surface area contributed by atoms with Crippen LogP contribution in [0.4, 0.5) is 4.79 Å². The molecular weight excluding hydrogens is 483 g/mol. The van der Waals surface area contributed by atoms with Crippen LogP contribution in [0.25, 0.3) is 0 Å². The van der Waals surface area contributed by atoms with Crippen LogP contribution in [0.15, 0.2) is 17.4 Å². The number of hydrogen-bond acceptors (Lipinski definition) is 4. The Morgan fingerprint density at radius 2 is 2.10 bits per heavy atom. The van der Waals surface area contributed by atoms with Gasteiger partial charge in [-0.1, -0.05) is 13.8 Å². The Morgan fingerprint density at radius 1 is 1.41 bits per heavy atom. The van der Waals surface area contributed by atoms with E-state index in [0.29, 0.717) is 12.5 Å². The fraction of sp³-hybridized carbons (Fsp3) is 0.750. The fourth-order valence-electron chi connectivity index (χ4n) is 3.32. The van der Waals surface area contributed by atoms with Gasteiger partial charge in [0.05, 0.1) is 12.2 Å². The number of amides is 1. The molecule has 0 saturated carbocycles. The quantitative estimate of drug-likeness (QED) is 0.355. The summed E-state index contributed by atoms with van der Waals surface area (Å²) in [5.74, 6) is 1.59. The molecule has 2 N–H and O–H groups in total. The zero-order valence-electron chi connectivity index (χ0n) is 18.7. The van der Waals surface area contributed by atoms with E-state index in [9.17, 15) is 4.79 Å². The van der Waals surface area contributed by atoms with Gasteiger partial charge in [-0.2, -0.15) is 5.10 Å². The van der Waals surface area contributed by atoms with Crippen LogP contribution in [-0.4, -0.2) is 65.1 Å². The molecule has 29 heavy (non-hydrogen) atoms. The summed E-state index contributed by atoms with van der Waals surface area (Å²) in [6, 6.07) is -0.0525. The second-order valence-corrected chi connectivity index (χ2v) is 8.80. The Labute approximate surface area is 191 Å². The highest BCUT2D eigenvalue weighted by Gasteiger charge is 2.28. The molecule has 2 atom stereocenters. The van der Waals surface area contributed by atoms with Crippen molar-refractivity contribution in [3.05, 3.63) is 18.0 Å². The molecule has 0 aromatic carbocycles. The number of carbonyl (C=O) groups excluding carboxylic acids is 1. The van der Waals surface area contributed by atoms with Crippen molar-refractivity contribution in [1.29, 1.82) is 0 Å². The number of rotatable bonds is 5. The Kier molecular flexibility index (Phi) is 9.70. The number of nitrogens with one attached hydrogen (secondary N) is 2. The summed E-state index contributed by atoms with van der Waals surface area (Å²) in [6.45, 7) is 12.2. The molecule has 8 nitrogen and oxygen atoms in total. The molecule has 1 aliphatic heterocycles. The van der Waals surface area contributed by atoms with E-state index < -0.39 is 5.60 Å². The van der Waals surface area contributed by atoms with Crippen LogP contribution in [-0.2, 0) is 11.8 Å². The smallest absolute Gasteiger partial charge is 0.407 e. The number of hydrogen-bond donors (Lipinski definition) is 2. The maximum atomic E-state index is 12.1. The summed E-state index contributed by atoms with van der Waals surface area (Å²) in [5, 5.41) is 10.7. The lowest BCUT2D eigenvalue weighted by atomic mass is 10.0. The van der Waals surface area contributed by atoms with Crippen LogP contribution in [0.2, 0.25) is 0 Å². The zero-order chi connectivity index (χ0) is 20.9. The molecule has 2 rings (SSSR count). The van der Waals surface area contributed by atoms with Crippen molar-refractivity contribution in [2.24, 2.45) is 18.0 Å². The van der Waals surface area contributed by atoms with Gasteiger partial charge in [-0.05, 0) is 38.7 Å². The second-order valence-electron chi connectivity index (χ2n) is 8.80. The summed E-state index contributed by atoms with van der Waals surface area (Å²) in [7, 11) is 3.74. The highest BCUT2D eigenvalue weighted by atomic mass is 127. The SMILES string of the molecule is CN=C(NCC(NC(=O)OC(C)(C)C)C(C)C)N1CCC(c2cnn(C)c2)C1.I. The van der Waals surface area contributed by atoms with Gasteiger partial charge in [0.15, 0.2) is 5.96 Å². The van der Waals surface area contributed by atoms with E-state index >= 15 is 0 Å². The van der Waals surface area contributed by atoms with Crippen molar-refractivity contribution in [3.8, 4) is 0 Å². The lowest BCUT2D eigenvalue weighted by Gasteiger charge is -2.28. The molecule has 166 valence electrons. The van der Waals surface area contributed by atoms with Crippen LogP contribution in [0.3, 0.4) is 0 Å². The number of ether oxygens (including phenoxy) is 1. The molecule has 0 spiro atoms. The molecule has 0 aliphatic carbocycles. The largest absolute Gasteiger partial charge is 0.444 e. The first-order valence-corrected chi connectivity index (χ1v) is 10.0. The zero-order valence-corrected chi connectivity index (χ0v) is 21.1. The molecule has 1 amide bonds. The fourth-order valence-corrected chi connectivity index (χ4v) is 3.32. The molecule has 1 aromatic heterocycles. The number of likely N-dealkylation sites (tertiary alicyclic amines) is 1. The topological polar surface area (TPSA) is 83.8 Å². The highest BCUT2D eigenvalue weighted by Crippen LogP contribution is 2.26. The second kappa shape index (κ2) is 11.0. The maximum Gasteiger partial charge on any atom is 0.407 e. The summed E-state index contributed by atoms with van der Waals surface area (Å²) in [6.07, 6.45) is 4.73. The Balaban J connectivity index is 0.00000420. The Bertz CT molecular complexity index is 683. The molecule has 0 bridgehead atoms. The van der Waals surface area contributed by atoms with Crippen molar-refractivity contribution in [2.45, 2.75) is 58.6 Å². The van der Waals surface area contributed by atoms with Crippen LogP contribution >= 0.6 is 24.0 Å². The average molecular weight is 520 g/mol. The first-order chi connectivity index (χ1) is 13.1. The lowest BCUT2D eigenvalue weighted by Crippen LogP contribution is -2.50. The number of halogens is 1. The van der Waals surface area contributed by atoms with E-state index in [1.165, 1.54) is 5.56 Å². The van der Waals surface area contributed by atoms with Crippen molar-refractivity contribution in [1.82, 2.24) is 25.3 Å². The Morgan fingerprint density at radius 3 is 2.62 bits per heavy atom. The van der Waals surface area contributed by atoms with Gasteiger partial charge in [0, 0.05) is 45.8 Å². The number of aliphatic imine (C=N–C) groups is 1. The highest BCUT2D eigenvalue weighted by molar-refractivity contribution is 14.0. The van der Waals surface area contributed by atoms with Gasteiger partial charge < -0.3 is 20.3 Å². The van der Waals surface area contributed by atoms with Crippen LogP contribution in [0, 0.1) is 5.92 Å². The van der Waals surface area contributed by atoms with Crippen LogP contribution in [0.1, 0.15) is 52.5 Å². The predicted molar refractivity (Wildman–Crippen MR) is 127 cm³/mol. The van der Waals surface area contributed by atoms with Gasteiger partial charge in [-0.3, -0.25) is 9.67 Å². The number of aryl methyl sites for hydroxylation is 1. The Hall–Kier alpha value is -1.52. The number of aromatic nitrogens is 2. The third-order valence-corrected chi connectivity index (χ3v) is 4.88. The van der Waals surface area contributed by atoms with Gasteiger partial charge in [-0.25, -0.2) is 4.79 Å². The van der Waals surface area contributed by atoms with E-state index in [4.69, 9.17) is 4.74 Å². The molecule has 2 unspecified atom stereocenters. The minimum Gasteiger partial charge on any atom is -0.444 e. The van der Waals surface area contributed by atoms with Gasteiger partial charge in [0.1, 0.15) is 5.60 Å². The predicted octanol–water partition coefficient (Wildman–Crippen LogP) is 2.95. The lowest BCUT2D eigenvalue weighted by molar-refractivity contribution is 0.0491. The van der Waals surface area contributed by atoms with Crippen molar-refractivity contribution in [2.75, 3.05) is 26.7 Å². The van der Waals surface area contributed by atoms with Gasteiger partial charge >= 0.3 is 6.09 Å². The molecule has 1 saturated heterocycles. The van der Waals surface area contributed by atoms with Gasteiger partial charge in [0.2, 0.25) is 0 Å². The minimum absolute atomic E-state index is 0. The number of guanidine groups is 1. The maximum absolute atomic E-state index is 12.1. The number of nitrogens with zero attached hydrogens (tertiary/aromatic N) is 4. The summed E-state index contributed by atoms with van der Waals surface area (Å²) in [4.78, 5) is 18.8. The van der Waals surface area contributed by atoms with Crippen molar-refractivity contribution < 1.29 is 9.53 Å². The molecule has 1 fully saturated rings. The first-order valence-electron chi connectivity index (χ1n) is 10.0. The number of carbonyl (C=O) groups is 1. The van der Waals surface area contributed by atoms with Gasteiger partial charge in [-0.15, -0.1) is 24.0 Å². The molecule has 2 heterocycles. The van der Waals surface area contributed by atoms with E-state index in [1.807, 2.05) is 38.7 Å². The molecular formula is C20H37IN6O2. The molecule has 1 aromatic rings. The normalized spacial score (nSPS) is 18.4. The first kappa shape index (κ1) is 25.5. The van der Waals surface area contributed by atoms with E-state index in [1.54, 1.807) is 7.05 Å². The van der Waals surface area contributed by atoms with Crippen molar-refractivity contribution in [3.63, 3.8) is 0 Å². The van der Waals surface area contributed by atoms with E-state index in [0.717, 1.165) is 25.5 Å². The molecule has 9 heteroatoms. The summed E-state index contributed by atoms with van der Waals surface area (Å²) < 4.78 is 7.24. The van der Waals surface area contributed by atoms with Crippen molar-refractivity contribution >= 4 is 36.0 Å². The van der Waals surface area contributed by atoms with Gasteiger partial charge in [0.25, 0.3) is 0 Å². The average Bonchev–Trinajstić information content (AvgIpc) is 3.21. The summed E-state index contributed by atoms with van der Waals surface area (Å²) in [5.41, 5.74) is 0.762. The van der Waals surface area contributed by atoms with Crippen LogP contribution in [0.5, 0.6) is 0 Å². The standard InChI is InChI=1S/C20H36N6O2.HI/c1-14(2)17(24-19(27)28-20(3,4)5)11-22-18(21-6)26-9-8-15(13-26)16-10-23-25(7)12-16;/h10,12,14-15,17H,8-9,11,13H2,1-7H3,(H,21,22)(H,24,27);1H. The third-order valence-electron chi connectivity index (χ3n) is 4.88. The molecule has 1 aliphatic rings. The van der Waals surface area contributed by atoms with Crippen LogP contribution < -0.4 is 10.6 Å². The third kappa shape index (κ3) is 8.02. The summed E-state index contributed by atoms with van der Waals surface area (Å²) >= 11 is 0. The van der Waals surface area contributed by atoms with E-state index in [2.05, 4.69) is 45.7 Å².